The minimum atomic E-state index is 0.0320. The number of para-hydroxylation sites is 1. The molecule has 2 aromatic rings. The Labute approximate surface area is 146 Å². The van der Waals surface area contributed by atoms with Crippen LogP contribution in [0.15, 0.2) is 58.3 Å². The van der Waals surface area contributed by atoms with Crippen molar-refractivity contribution in [3.63, 3.8) is 0 Å². The van der Waals surface area contributed by atoms with Crippen molar-refractivity contribution in [2.24, 2.45) is 5.92 Å². The van der Waals surface area contributed by atoms with Crippen molar-refractivity contribution in [2.45, 2.75) is 22.3 Å². The fourth-order valence-electron chi connectivity index (χ4n) is 3.57. The maximum atomic E-state index is 12.4. The zero-order valence-electron chi connectivity index (χ0n) is 13.4. The predicted octanol–water partition coefficient (Wildman–Crippen LogP) is 2.85. The molecule has 2 aliphatic heterocycles. The minimum absolute atomic E-state index is 0.0320. The molecule has 2 saturated heterocycles. The van der Waals surface area contributed by atoms with Crippen LogP contribution >= 0.6 is 11.8 Å². The topological polar surface area (TPSA) is 58.4 Å². The van der Waals surface area contributed by atoms with Crippen LogP contribution < -0.4 is 11.1 Å². The Morgan fingerprint density at radius 2 is 1.92 bits per heavy atom. The molecule has 0 spiro atoms. The number of nitrogens with two attached hydrogens (primary N) is 1. The molecule has 2 fully saturated rings. The third-order valence-corrected chi connectivity index (χ3v) is 6.01. The molecule has 3 atom stereocenters. The number of nitrogen functional groups attached to an aromatic ring is 1. The average Bonchev–Trinajstić information content (AvgIpc) is 3.20. The minimum Gasteiger partial charge on any atom is -0.398 e. The van der Waals surface area contributed by atoms with Gasteiger partial charge in [0.15, 0.2) is 0 Å². The molecule has 2 aliphatic rings. The van der Waals surface area contributed by atoms with Crippen LogP contribution in [0.4, 0.5) is 5.69 Å². The van der Waals surface area contributed by atoms with E-state index in [1.165, 1.54) is 13.0 Å². The molecule has 0 saturated carbocycles. The van der Waals surface area contributed by atoms with E-state index in [9.17, 15) is 4.79 Å². The average molecular weight is 339 g/mol. The Balaban J connectivity index is 1.40. The van der Waals surface area contributed by atoms with Crippen molar-refractivity contribution >= 4 is 23.4 Å². The second-order valence-electron chi connectivity index (χ2n) is 6.55. The fraction of sp³-hybridized carbons (Fsp3) is 0.316. The van der Waals surface area contributed by atoms with E-state index in [4.69, 9.17) is 5.73 Å². The number of carbonyl (C=O) groups is 1. The van der Waals surface area contributed by atoms with Gasteiger partial charge in [0, 0.05) is 40.2 Å². The fourth-order valence-corrected chi connectivity index (χ4v) is 4.43. The predicted molar refractivity (Wildman–Crippen MR) is 97.2 cm³/mol. The van der Waals surface area contributed by atoms with Crippen LogP contribution in [0.1, 0.15) is 16.8 Å². The monoisotopic (exact) mass is 339 g/mol. The molecular weight excluding hydrogens is 318 g/mol. The number of hydrogen-bond donors (Lipinski definition) is 2. The van der Waals surface area contributed by atoms with Crippen LogP contribution in [0.5, 0.6) is 0 Å². The maximum Gasteiger partial charge on any atom is 0.251 e. The summed E-state index contributed by atoms with van der Waals surface area (Å²) in [6, 6.07) is 15.9. The van der Waals surface area contributed by atoms with Crippen LogP contribution in [-0.2, 0) is 0 Å². The smallest absolute Gasteiger partial charge is 0.251 e. The first-order chi connectivity index (χ1) is 11.7. The summed E-state index contributed by atoms with van der Waals surface area (Å²) in [7, 11) is 0. The van der Waals surface area contributed by atoms with Gasteiger partial charge < -0.3 is 16.0 Å². The number of nitrogens with one attached hydrogen (secondary N) is 1. The Hall–Kier alpha value is -1.98. The Morgan fingerprint density at radius 1 is 1.12 bits per heavy atom. The van der Waals surface area contributed by atoms with Crippen molar-refractivity contribution in [2.75, 3.05) is 25.4 Å². The van der Waals surface area contributed by atoms with Gasteiger partial charge in [-0.3, -0.25) is 4.79 Å². The molecule has 5 heteroatoms. The lowest BCUT2D eigenvalue weighted by Crippen LogP contribution is -2.43. The van der Waals surface area contributed by atoms with Crippen molar-refractivity contribution in [3.8, 4) is 0 Å². The first-order valence-corrected chi connectivity index (χ1v) is 9.16. The van der Waals surface area contributed by atoms with Crippen molar-refractivity contribution < 1.29 is 4.79 Å². The lowest BCUT2D eigenvalue weighted by atomic mass is 9.99. The maximum absolute atomic E-state index is 12.4. The number of carbonyl (C=O) groups excluding carboxylic acids is 1. The number of rotatable bonds is 4. The Bertz CT molecular complexity index is 747. The van der Waals surface area contributed by atoms with Gasteiger partial charge in [0.25, 0.3) is 5.91 Å². The molecule has 1 amide bonds. The first kappa shape index (κ1) is 15.5. The lowest BCUT2D eigenvalue weighted by Gasteiger charge is -2.23. The summed E-state index contributed by atoms with van der Waals surface area (Å²) in [5.74, 6) is 0.661. The number of benzene rings is 2. The summed E-state index contributed by atoms with van der Waals surface area (Å²) in [4.78, 5) is 17.0. The Morgan fingerprint density at radius 3 is 2.58 bits per heavy atom. The van der Waals surface area contributed by atoms with E-state index >= 15 is 0 Å². The van der Waals surface area contributed by atoms with E-state index in [0.29, 0.717) is 12.0 Å². The van der Waals surface area contributed by atoms with Crippen molar-refractivity contribution in [3.05, 3.63) is 54.1 Å². The van der Waals surface area contributed by atoms with Gasteiger partial charge in [-0.1, -0.05) is 23.9 Å². The van der Waals surface area contributed by atoms with Crippen LogP contribution in [-0.4, -0.2) is 36.5 Å². The highest BCUT2D eigenvalue weighted by atomic mass is 32.2. The van der Waals surface area contributed by atoms with Crippen molar-refractivity contribution in [1.29, 1.82) is 0 Å². The van der Waals surface area contributed by atoms with Gasteiger partial charge in [-0.2, -0.15) is 0 Å². The normalized spacial score (nSPS) is 24.9. The number of fused-ring (bicyclic) bond motifs is 2. The van der Waals surface area contributed by atoms with Crippen LogP contribution in [0, 0.1) is 5.92 Å². The van der Waals surface area contributed by atoms with E-state index in [1.54, 1.807) is 11.8 Å². The molecule has 4 nitrogen and oxygen atoms in total. The van der Waals surface area contributed by atoms with Crippen LogP contribution in [0.25, 0.3) is 0 Å². The molecule has 2 aromatic carbocycles. The largest absolute Gasteiger partial charge is 0.398 e. The summed E-state index contributed by atoms with van der Waals surface area (Å²) >= 11 is 1.61. The molecule has 3 N–H and O–H groups in total. The van der Waals surface area contributed by atoms with E-state index < -0.39 is 0 Å². The third kappa shape index (κ3) is 3.14. The highest BCUT2D eigenvalue weighted by Crippen LogP contribution is 2.32. The quantitative estimate of drug-likeness (QED) is 0.841. The highest BCUT2D eigenvalue weighted by Gasteiger charge is 2.38. The van der Waals surface area contributed by atoms with Gasteiger partial charge in [0.05, 0.1) is 0 Å². The standard InChI is InChI=1S/C19H21N3OS/c20-16-3-1-2-4-18(16)24-15-7-5-13(6-8-15)19(23)21-17-12-22-10-9-14(17)11-22/h1-8,14,17H,9-12,20H2,(H,21,23). The second kappa shape index (κ2) is 6.49. The number of hydrogen-bond acceptors (Lipinski definition) is 4. The van der Waals surface area contributed by atoms with E-state index in [0.717, 1.165) is 34.1 Å². The first-order valence-electron chi connectivity index (χ1n) is 8.35. The second-order valence-corrected chi connectivity index (χ2v) is 7.67. The zero-order valence-corrected chi connectivity index (χ0v) is 14.3. The van der Waals surface area contributed by atoms with Gasteiger partial charge in [-0.25, -0.2) is 0 Å². The number of piperidine rings is 1. The number of amides is 1. The summed E-state index contributed by atoms with van der Waals surface area (Å²) < 4.78 is 0. The van der Waals surface area contributed by atoms with Crippen LogP contribution in [0.3, 0.4) is 0 Å². The number of anilines is 1. The highest BCUT2D eigenvalue weighted by molar-refractivity contribution is 7.99. The molecule has 2 bridgehead atoms. The van der Waals surface area contributed by atoms with Gasteiger partial charge >= 0.3 is 0 Å². The third-order valence-electron chi connectivity index (χ3n) is 4.91. The van der Waals surface area contributed by atoms with Gasteiger partial charge in [-0.15, -0.1) is 0 Å². The van der Waals surface area contributed by atoms with Gasteiger partial charge in [0.2, 0.25) is 0 Å². The molecule has 24 heavy (non-hydrogen) atoms. The molecular formula is C19H21N3OS. The Kier molecular flexibility index (Phi) is 4.21. The molecule has 2 heterocycles. The zero-order chi connectivity index (χ0) is 16.5. The summed E-state index contributed by atoms with van der Waals surface area (Å²) in [6.07, 6.45) is 1.21. The molecule has 124 valence electrons. The summed E-state index contributed by atoms with van der Waals surface area (Å²) in [5.41, 5.74) is 7.47. The number of nitrogens with zero attached hydrogens (tertiary/aromatic N) is 1. The molecule has 0 aromatic heterocycles. The van der Waals surface area contributed by atoms with E-state index in [1.807, 2.05) is 48.5 Å². The lowest BCUT2D eigenvalue weighted by molar-refractivity contribution is 0.0924. The van der Waals surface area contributed by atoms with Gasteiger partial charge in [0.1, 0.15) is 0 Å². The molecule has 4 rings (SSSR count). The SMILES string of the molecule is Nc1ccccc1Sc1ccc(C(=O)NC2CN3CCC2C3)cc1. The van der Waals surface area contributed by atoms with E-state index in [-0.39, 0.29) is 5.91 Å². The van der Waals surface area contributed by atoms with Gasteiger partial charge in [-0.05, 0) is 55.3 Å². The van der Waals surface area contributed by atoms with E-state index in [2.05, 4.69) is 10.2 Å². The van der Waals surface area contributed by atoms with Crippen molar-refractivity contribution in [1.82, 2.24) is 10.2 Å². The molecule has 0 radical (unpaired) electrons. The molecule has 3 unspecified atom stereocenters. The summed E-state index contributed by atoms with van der Waals surface area (Å²) in [5, 5.41) is 3.20. The summed E-state index contributed by atoms with van der Waals surface area (Å²) in [6.45, 7) is 3.32. The molecule has 0 aliphatic carbocycles. The van der Waals surface area contributed by atoms with Crippen LogP contribution in [0.2, 0.25) is 0 Å².